The lowest BCUT2D eigenvalue weighted by molar-refractivity contribution is 0.475. The molecule has 0 saturated heterocycles. The Hall–Kier alpha value is -1.19. The Morgan fingerprint density at radius 2 is 1.44 bits per heavy atom. The second kappa shape index (κ2) is 6.40. The molecule has 16 heavy (non-hydrogen) atoms. The van der Waals surface area contributed by atoms with Crippen LogP contribution in [0.5, 0.6) is 11.5 Å². The molecule has 0 bridgehead atoms. The SMILES string of the molecule is Oc1ccc(Br)cc1.Oc1ccccc1Cl. The molecule has 2 aromatic carbocycles. The van der Waals surface area contributed by atoms with E-state index in [-0.39, 0.29) is 5.75 Å². The van der Waals surface area contributed by atoms with Crippen LogP contribution in [0.4, 0.5) is 0 Å². The fourth-order valence-electron chi connectivity index (χ4n) is 0.893. The molecule has 0 fully saturated rings. The highest BCUT2D eigenvalue weighted by atomic mass is 79.9. The third-order valence-corrected chi connectivity index (χ3v) is 2.53. The van der Waals surface area contributed by atoms with Crippen molar-refractivity contribution in [3.63, 3.8) is 0 Å². The third-order valence-electron chi connectivity index (χ3n) is 1.68. The van der Waals surface area contributed by atoms with Crippen molar-refractivity contribution in [3.8, 4) is 11.5 Å². The number of phenolic OH excluding ortho intramolecular Hbond substituents is 2. The summed E-state index contributed by atoms with van der Waals surface area (Å²) in [5.41, 5.74) is 0. The van der Waals surface area contributed by atoms with Crippen LogP contribution in [0, 0.1) is 0 Å². The standard InChI is InChI=1S/C6H5BrO.C6H5ClO/c7-5-1-3-6(8)4-2-5;7-5-3-1-2-4-6(5)8/h2*1-4,8H. The molecule has 2 aromatic rings. The van der Waals surface area contributed by atoms with E-state index in [4.69, 9.17) is 21.8 Å². The largest absolute Gasteiger partial charge is 0.508 e. The van der Waals surface area contributed by atoms with E-state index in [0.717, 1.165) is 4.47 Å². The van der Waals surface area contributed by atoms with Gasteiger partial charge in [0.2, 0.25) is 0 Å². The number of halogens is 2. The van der Waals surface area contributed by atoms with Crippen LogP contribution in [0.1, 0.15) is 0 Å². The first-order valence-corrected chi connectivity index (χ1v) is 5.64. The van der Waals surface area contributed by atoms with Crippen LogP contribution in [0.25, 0.3) is 0 Å². The van der Waals surface area contributed by atoms with Crippen molar-refractivity contribution in [3.05, 3.63) is 58.0 Å². The maximum atomic E-state index is 8.79. The lowest BCUT2D eigenvalue weighted by Crippen LogP contribution is -1.62. The summed E-state index contributed by atoms with van der Waals surface area (Å²) in [6.45, 7) is 0. The molecule has 0 unspecified atom stereocenters. The zero-order valence-corrected chi connectivity index (χ0v) is 10.6. The molecule has 0 radical (unpaired) electrons. The molecule has 0 spiro atoms. The topological polar surface area (TPSA) is 40.5 Å². The normalized spacial score (nSPS) is 9.12. The second-order valence-corrected chi connectivity index (χ2v) is 4.25. The maximum Gasteiger partial charge on any atom is 0.134 e. The molecular formula is C12H10BrClO2. The number of rotatable bonds is 0. The Labute approximate surface area is 107 Å². The Bertz CT molecular complexity index is 401. The van der Waals surface area contributed by atoms with Gasteiger partial charge < -0.3 is 10.2 Å². The number of benzene rings is 2. The molecule has 84 valence electrons. The minimum Gasteiger partial charge on any atom is -0.508 e. The van der Waals surface area contributed by atoms with E-state index < -0.39 is 0 Å². The first-order chi connectivity index (χ1) is 7.59. The Morgan fingerprint density at radius 3 is 1.81 bits per heavy atom. The fourth-order valence-corrected chi connectivity index (χ4v) is 1.29. The van der Waals surface area contributed by atoms with Gasteiger partial charge in [-0.2, -0.15) is 0 Å². The first-order valence-electron chi connectivity index (χ1n) is 4.47. The quantitative estimate of drug-likeness (QED) is 0.765. The summed E-state index contributed by atoms with van der Waals surface area (Å²) in [4.78, 5) is 0. The van der Waals surface area contributed by atoms with E-state index in [2.05, 4.69) is 15.9 Å². The van der Waals surface area contributed by atoms with Gasteiger partial charge in [-0.25, -0.2) is 0 Å². The molecule has 2 rings (SSSR count). The van der Waals surface area contributed by atoms with Gasteiger partial charge in [0, 0.05) is 4.47 Å². The van der Waals surface area contributed by atoms with Crippen LogP contribution < -0.4 is 0 Å². The zero-order valence-electron chi connectivity index (χ0n) is 8.27. The number of hydrogen-bond donors (Lipinski definition) is 2. The number of phenols is 2. The predicted molar refractivity (Wildman–Crippen MR) is 68.9 cm³/mol. The van der Waals surface area contributed by atoms with Crippen LogP contribution in [0.3, 0.4) is 0 Å². The second-order valence-electron chi connectivity index (χ2n) is 2.93. The van der Waals surface area contributed by atoms with Gasteiger partial charge in [0.05, 0.1) is 5.02 Å². The molecule has 0 heterocycles. The lowest BCUT2D eigenvalue weighted by atomic mass is 10.3. The predicted octanol–water partition coefficient (Wildman–Crippen LogP) is 4.20. The van der Waals surface area contributed by atoms with Crippen LogP contribution in [-0.2, 0) is 0 Å². The summed E-state index contributed by atoms with van der Waals surface area (Å²) in [7, 11) is 0. The van der Waals surface area contributed by atoms with E-state index >= 15 is 0 Å². The number of para-hydroxylation sites is 1. The van der Waals surface area contributed by atoms with Gasteiger partial charge in [-0.1, -0.05) is 39.7 Å². The molecule has 0 aromatic heterocycles. The van der Waals surface area contributed by atoms with E-state index in [9.17, 15) is 0 Å². The summed E-state index contributed by atoms with van der Waals surface area (Å²) in [5, 5.41) is 17.9. The van der Waals surface area contributed by atoms with Gasteiger partial charge in [-0.15, -0.1) is 0 Å². The Morgan fingerprint density at radius 1 is 0.875 bits per heavy atom. The van der Waals surface area contributed by atoms with Crippen LogP contribution in [-0.4, -0.2) is 10.2 Å². The van der Waals surface area contributed by atoms with Gasteiger partial charge in [-0.05, 0) is 36.4 Å². The van der Waals surface area contributed by atoms with Gasteiger partial charge in [-0.3, -0.25) is 0 Å². The lowest BCUT2D eigenvalue weighted by Gasteiger charge is -1.89. The maximum absolute atomic E-state index is 8.79. The smallest absolute Gasteiger partial charge is 0.134 e. The van der Waals surface area contributed by atoms with Crippen molar-refractivity contribution in [2.75, 3.05) is 0 Å². The van der Waals surface area contributed by atoms with Crippen LogP contribution in [0.2, 0.25) is 5.02 Å². The van der Waals surface area contributed by atoms with Crippen LogP contribution >= 0.6 is 27.5 Å². The highest BCUT2D eigenvalue weighted by Gasteiger charge is 1.89. The third kappa shape index (κ3) is 4.55. The Kier molecular flexibility index (Phi) is 5.15. The summed E-state index contributed by atoms with van der Waals surface area (Å²) in [6, 6.07) is 13.5. The van der Waals surface area contributed by atoms with E-state index in [1.165, 1.54) is 0 Å². The van der Waals surface area contributed by atoms with E-state index in [1.807, 2.05) is 0 Å². The molecule has 0 amide bonds. The van der Waals surface area contributed by atoms with Crippen molar-refractivity contribution >= 4 is 27.5 Å². The van der Waals surface area contributed by atoms with E-state index in [0.29, 0.717) is 10.8 Å². The first kappa shape index (κ1) is 12.9. The Balaban J connectivity index is 0.000000160. The molecule has 2 N–H and O–H groups in total. The minimum atomic E-state index is 0.133. The number of hydrogen-bond acceptors (Lipinski definition) is 2. The minimum absolute atomic E-state index is 0.133. The number of aromatic hydroxyl groups is 2. The van der Waals surface area contributed by atoms with Crippen molar-refractivity contribution in [1.29, 1.82) is 0 Å². The summed E-state index contributed by atoms with van der Waals surface area (Å²) >= 11 is 8.69. The summed E-state index contributed by atoms with van der Waals surface area (Å²) in [5.74, 6) is 0.433. The van der Waals surface area contributed by atoms with Crippen LogP contribution in [0.15, 0.2) is 53.0 Å². The van der Waals surface area contributed by atoms with Gasteiger partial charge in [0.1, 0.15) is 11.5 Å². The molecule has 0 aliphatic carbocycles. The van der Waals surface area contributed by atoms with Crippen molar-refractivity contribution in [1.82, 2.24) is 0 Å². The average Bonchev–Trinajstić information content (AvgIpc) is 2.28. The van der Waals surface area contributed by atoms with Crippen molar-refractivity contribution in [2.24, 2.45) is 0 Å². The van der Waals surface area contributed by atoms with Crippen molar-refractivity contribution < 1.29 is 10.2 Å². The summed E-state index contributed by atoms with van der Waals surface area (Å²) < 4.78 is 0.982. The molecule has 2 nitrogen and oxygen atoms in total. The highest BCUT2D eigenvalue weighted by Crippen LogP contribution is 2.20. The van der Waals surface area contributed by atoms with Crippen molar-refractivity contribution in [2.45, 2.75) is 0 Å². The monoisotopic (exact) mass is 300 g/mol. The molecule has 4 heteroatoms. The molecule has 0 aliphatic rings. The van der Waals surface area contributed by atoms with Gasteiger partial charge >= 0.3 is 0 Å². The molecule has 0 aliphatic heterocycles. The fraction of sp³-hybridized carbons (Fsp3) is 0. The molecule has 0 atom stereocenters. The van der Waals surface area contributed by atoms with E-state index in [1.54, 1.807) is 48.5 Å². The average molecular weight is 302 g/mol. The molecule has 0 saturated carbocycles. The van der Waals surface area contributed by atoms with Gasteiger partial charge in [0.25, 0.3) is 0 Å². The molecular weight excluding hydrogens is 291 g/mol. The van der Waals surface area contributed by atoms with Gasteiger partial charge in [0.15, 0.2) is 0 Å². The highest BCUT2D eigenvalue weighted by molar-refractivity contribution is 9.10. The summed E-state index contributed by atoms with van der Waals surface area (Å²) in [6.07, 6.45) is 0. The zero-order chi connectivity index (χ0) is 12.0.